The summed E-state index contributed by atoms with van der Waals surface area (Å²) in [4.78, 5) is 0. The van der Waals surface area contributed by atoms with Crippen LogP contribution >= 0.6 is 0 Å². The molecule has 0 unspecified atom stereocenters. The Morgan fingerprint density at radius 1 is 0.778 bits per heavy atom. The normalized spacial score (nSPS) is 23.1. The number of rotatable bonds is 6. The van der Waals surface area contributed by atoms with E-state index in [1.54, 1.807) is 0 Å². The van der Waals surface area contributed by atoms with Gasteiger partial charge in [0, 0.05) is 0 Å². The monoisotopic (exact) mass is 532 g/mol. The van der Waals surface area contributed by atoms with Crippen LogP contribution in [-0.4, -0.2) is 53.8 Å². The van der Waals surface area contributed by atoms with Crippen molar-refractivity contribution >= 4 is 36.5 Å². The molecule has 2 aliphatic rings. The second-order valence-corrected chi connectivity index (χ2v) is 22.2. The van der Waals surface area contributed by atoms with Gasteiger partial charge in [-0.3, -0.25) is 0 Å². The molecule has 202 valence electrons. The maximum atomic E-state index is 6.77. The summed E-state index contributed by atoms with van der Waals surface area (Å²) in [6.45, 7) is 32.9. The number of hydrogen-bond acceptors (Lipinski definition) is 5. The molecule has 2 aliphatic heterocycles. The molecular formula is C27H50B2O5Si2. The summed E-state index contributed by atoms with van der Waals surface area (Å²) in [5.41, 5.74) is -0.895. The molecule has 1 aromatic rings. The molecule has 2 fully saturated rings. The smallest absolute Gasteiger partial charge is 0.463 e. The van der Waals surface area contributed by atoms with E-state index in [-0.39, 0.29) is 10.8 Å². The summed E-state index contributed by atoms with van der Waals surface area (Å²) < 4.78 is 33.4. The van der Waals surface area contributed by atoms with Crippen LogP contribution in [0.1, 0.15) is 87.4 Å². The third kappa shape index (κ3) is 5.43. The topological polar surface area (TPSA) is 46.2 Å². The molecule has 36 heavy (non-hydrogen) atoms. The fourth-order valence-corrected chi connectivity index (χ4v) is 6.82. The van der Waals surface area contributed by atoms with E-state index in [0.717, 1.165) is 5.75 Å². The molecule has 0 aromatic heterocycles. The van der Waals surface area contributed by atoms with Gasteiger partial charge in [0.25, 0.3) is 0 Å². The Balaban J connectivity index is 2.16. The van der Waals surface area contributed by atoms with Crippen LogP contribution in [0.2, 0.25) is 31.2 Å². The molecular weight excluding hydrogens is 482 g/mol. The van der Waals surface area contributed by atoms with E-state index in [4.69, 9.17) is 23.0 Å². The Labute approximate surface area is 224 Å². The fourth-order valence-electron chi connectivity index (χ4n) is 4.37. The molecule has 0 bridgehead atoms. The van der Waals surface area contributed by atoms with Crippen LogP contribution in [0.4, 0.5) is 0 Å². The summed E-state index contributed by atoms with van der Waals surface area (Å²) >= 11 is 0. The average Bonchev–Trinajstić information content (AvgIpc) is 2.99. The summed E-state index contributed by atoms with van der Waals surface area (Å²) in [7, 11) is -4.23. The summed E-state index contributed by atoms with van der Waals surface area (Å²) in [6, 6.07) is 6.64. The van der Waals surface area contributed by atoms with Crippen LogP contribution in [0, 0.1) is 0 Å². The Morgan fingerprint density at radius 3 is 1.50 bits per heavy atom. The third-order valence-corrected chi connectivity index (χ3v) is 15.5. The predicted molar refractivity (Wildman–Crippen MR) is 158 cm³/mol. The van der Waals surface area contributed by atoms with E-state index in [1.165, 1.54) is 10.8 Å². The lowest BCUT2D eigenvalue weighted by atomic mass is 9.49. The van der Waals surface area contributed by atoms with Gasteiger partial charge in [0.15, 0.2) is 0 Å². The zero-order valence-corrected chi connectivity index (χ0v) is 27.7. The SMILES string of the molecule is C[SiH](C)c1ccc(O[Si](C)(C)C(C)(C)C)cc1C(B1OC(C)(C)C(C)(C)O1)B1OC(C)(C)C(C)(C)O1. The first-order valence-electron chi connectivity index (χ1n) is 13.6. The summed E-state index contributed by atoms with van der Waals surface area (Å²) in [5, 5.41) is 1.47. The highest BCUT2D eigenvalue weighted by molar-refractivity contribution is 6.75. The van der Waals surface area contributed by atoms with Crippen molar-refractivity contribution in [3.05, 3.63) is 23.8 Å². The highest BCUT2D eigenvalue weighted by atomic mass is 28.4. The Kier molecular flexibility index (Phi) is 7.71. The first-order chi connectivity index (χ1) is 16.0. The molecule has 0 radical (unpaired) electrons. The molecule has 2 heterocycles. The van der Waals surface area contributed by atoms with Crippen LogP contribution in [0.3, 0.4) is 0 Å². The average molecular weight is 532 g/mol. The Hall–Kier alpha value is -0.576. The lowest BCUT2D eigenvalue weighted by Gasteiger charge is -2.37. The van der Waals surface area contributed by atoms with Gasteiger partial charge in [-0.25, -0.2) is 0 Å². The van der Waals surface area contributed by atoms with E-state index in [9.17, 15) is 0 Å². The van der Waals surface area contributed by atoms with Gasteiger partial charge < -0.3 is 23.0 Å². The molecule has 0 aliphatic carbocycles. The van der Waals surface area contributed by atoms with E-state index in [2.05, 4.69) is 121 Å². The largest absolute Gasteiger partial charge is 0.543 e. The highest BCUT2D eigenvalue weighted by Crippen LogP contribution is 2.47. The van der Waals surface area contributed by atoms with Crippen molar-refractivity contribution in [1.82, 2.24) is 0 Å². The van der Waals surface area contributed by atoms with Gasteiger partial charge >= 0.3 is 14.2 Å². The summed E-state index contributed by atoms with van der Waals surface area (Å²) in [6.07, 6.45) is 0. The molecule has 2 saturated heterocycles. The van der Waals surface area contributed by atoms with E-state index in [0.29, 0.717) is 0 Å². The van der Waals surface area contributed by atoms with E-state index in [1.807, 2.05) is 0 Å². The minimum absolute atomic E-state index is 0.107. The van der Waals surface area contributed by atoms with Gasteiger partial charge in [0.05, 0.1) is 36.9 Å². The molecule has 3 rings (SSSR count). The van der Waals surface area contributed by atoms with Crippen LogP contribution in [-0.2, 0) is 18.6 Å². The molecule has 0 spiro atoms. The predicted octanol–water partition coefficient (Wildman–Crippen LogP) is 6.11. The zero-order valence-electron chi connectivity index (χ0n) is 25.6. The lowest BCUT2D eigenvalue weighted by molar-refractivity contribution is 0.00578. The first-order valence-corrected chi connectivity index (χ1v) is 19.3. The summed E-state index contributed by atoms with van der Waals surface area (Å²) in [5.74, 6) is 0.910. The quantitative estimate of drug-likeness (QED) is 0.414. The molecule has 5 nitrogen and oxygen atoms in total. The van der Waals surface area contributed by atoms with Crippen molar-refractivity contribution in [3.8, 4) is 5.75 Å². The molecule has 9 heteroatoms. The Bertz CT molecular complexity index is 901. The van der Waals surface area contributed by atoms with Gasteiger partial charge in [-0.1, -0.05) is 45.1 Å². The second kappa shape index (κ2) is 9.27. The van der Waals surface area contributed by atoms with Gasteiger partial charge in [0.2, 0.25) is 8.32 Å². The van der Waals surface area contributed by atoms with Gasteiger partial charge in [-0.05, 0) is 91.2 Å². The van der Waals surface area contributed by atoms with E-state index < -0.39 is 53.8 Å². The second-order valence-electron chi connectivity index (χ2n) is 14.6. The fraction of sp³-hybridized carbons (Fsp3) is 0.778. The van der Waals surface area contributed by atoms with Crippen molar-refractivity contribution in [3.63, 3.8) is 0 Å². The number of hydrogen-bond donors (Lipinski definition) is 0. The van der Waals surface area contributed by atoms with Crippen molar-refractivity contribution in [2.24, 2.45) is 0 Å². The van der Waals surface area contributed by atoms with Crippen LogP contribution in [0.25, 0.3) is 0 Å². The molecule has 1 aromatic carbocycles. The maximum Gasteiger partial charge on any atom is 0.463 e. The van der Waals surface area contributed by atoms with Crippen molar-refractivity contribution in [2.45, 2.75) is 136 Å². The van der Waals surface area contributed by atoms with Crippen LogP contribution in [0.5, 0.6) is 5.75 Å². The highest BCUT2D eigenvalue weighted by Gasteiger charge is 2.62. The molecule has 0 atom stereocenters. The third-order valence-electron chi connectivity index (χ3n) is 9.35. The standard InChI is InChI=1S/C27H50B2O5Si2/c1-23(2,3)36(14,15)30-19-16-17-21(35(12)13)20(18-19)22(28-31-24(4,5)25(6,7)32-28)29-33-26(8,9)27(10,11)34-29/h16-18,22,35H,1-15H3. The molecule has 0 saturated carbocycles. The van der Waals surface area contributed by atoms with Gasteiger partial charge in [-0.15, -0.1) is 0 Å². The zero-order chi connectivity index (χ0) is 27.7. The first kappa shape index (κ1) is 30.0. The minimum Gasteiger partial charge on any atom is -0.543 e. The van der Waals surface area contributed by atoms with Gasteiger partial charge in [-0.2, -0.15) is 0 Å². The Morgan fingerprint density at radius 2 is 1.17 bits per heavy atom. The maximum absolute atomic E-state index is 6.77. The minimum atomic E-state index is -2.02. The molecule has 0 amide bonds. The number of benzene rings is 1. The lowest BCUT2D eigenvalue weighted by Crippen LogP contribution is -2.46. The molecule has 0 N–H and O–H groups in total. The van der Waals surface area contributed by atoms with Crippen molar-refractivity contribution in [1.29, 1.82) is 0 Å². The van der Waals surface area contributed by atoms with Gasteiger partial charge in [0.1, 0.15) is 5.75 Å². The van der Waals surface area contributed by atoms with Crippen molar-refractivity contribution in [2.75, 3.05) is 0 Å². The van der Waals surface area contributed by atoms with Crippen molar-refractivity contribution < 1.29 is 23.0 Å². The van der Waals surface area contributed by atoms with Crippen LogP contribution < -0.4 is 9.61 Å². The van der Waals surface area contributed by atoms with E-state index >= 15 is 0 Å². The van der Waals surface area contributed by atoms with Crippen LogP contribution in [0.15, 0.2) is 18.2 Å².